The van der Waals surface area contributed by atoms with Gasteiger partial charge in [0.15, 0.2) is 5.70 Å². The number of rotatable bonds is 2. The van der Waals surface area contributed by atoms with Gasteiger partial charge in [0.05, 0.1) is 22.2 Å². The molecule has 0 radical (unpaired) electrons. The second-order valence-electron chi connectivity index (χ2n) is 4.55. The third-order valence-electron chi connectivity index (χ3n) is 3.04. The van der Waals surface area contributed by atoms with E-state index in [-0.39, 0.29) is 11.6 Å². The lowest BCUT2D eigenvalue weighted by atomic mass is 10.1. The first kappa shape index (κ1) is 14.1. The van der Waals surface area contributed by atoms with Crippen LogP contribution in [0.5, 0.6) is 0 Å². The molecule has 0 aliphatic carbocycles. The van der Waals surface area contributed by atoms with Crippen LogP contribution in [0.4, 0.5) is 0 Å². The molecular formula is C17H9ClN2O2. The summed E-state index contributed by atoms with van der Waals surface area (Å²) in [5.41, 5.74) is 1.95. The lowest BCUT2D eigenvalue weighted by Gasteiger charge is -2.00. The van der Waals surface area contributed by atoms with E-state index in [2.05, 4.69) is 4.99 Å². The Morgan fingerprint density at radius 1 is 1.18 bits per heavy atom. The van der Waals surface area contributed by atoms with Gasteiger partial charge in [-0.25, -0.2) is 9.79 Å². The Balaban J connectivity index is 1.98. The average Bonchev–Trinajstić information content (AvgIpc) is 2.89. The van der Waals surface area contributed by atoms with Crippen molar-refractivity contribution in [3.8, 4) is 6.07 Å². The summed E-state index contributed by atoms with van der Waals surface area (Å²) in [5, 5.41) is 9.35. The molecule has 22 heavy (non-hydrogen) atoms. The summed E-state index contributed by atoms with van der Waals surface area (Å²) in [6.45, 7) is 0. The van der Waals surface area contributed by atoms with E-state index in [1.54, 1.807) is 54.6 Å². The summed E-state index contributed by atoms with van der Waals surface area (Å²) in [4.78, 5) is 16.1. The molecule has 2 aromatic rings. The van der Waals surface area contributed by atoms with Crippen LogP contribution in [0.2, 0.25) is 5.02 Å². The number of cyclic esters (lactones) is 1. The Bertz CT molecular complexity index is 863. The second kappa shape index (κ2) is 5.84. The quantitative estimate of drug-likeness (QED) is 0.629. The largest absolute Gasteiger partial charge is 0.402 e. The molecule has 0 atom stereocenters. The van der Waals surface area contributed by atoms with Crippen LogP contribution < -0.4 is 0 Å². The predicted octanol–water partition coefficient (Wildman–Crippen LogP) is 3.56. The minimum atomic E-state index is -0.544. The van der Waals surface area contributed by atoms with Crippen LogP contribution in [0.1, 0.15) is 16.7 Å². The van der Waals surface area contributed by atoms with Crippen LogP contribution in [0.15, 0.2) is 59.2 Å². The molecule has 1 aliphatic heterocycles. The maximum absolute atomic E-state index is 11.9. The second-order valence-corrected chi connectivity index (χ2v) is 4.96. The predicted molar refractivity (Wildman–Crippen MR) is 83.2 cm³/mol. The molecule has 0 saturated heterocycles. The molecule has 2 aromatic carbocycles. The van der Waals surface area contributed by atoms with Crippen molar-refractivity contribution in [1.82, 2.24) is 0 Å². The number of hydrogen-bond donors (Lipinski definition) is 0. The average molecular weight is 309 g/mol. The summed E-state index contributed by atoms with van der Waals surface area (Å²) >= 11 is 6.07. The number of carbonyl (C=O) groups is 1. The molecule has 5 heteroatoms. The summed E-state index contributed by atoms with van der Waals surface area (Å²) < 4.78 is 5.16. The van der Waals surface area contributed by atoms with Crippen molar-refractivity contribution in [3.63, 3.8) is 0 Å². The Hall–Kier alpha value is -2.90. The van der Waals surface area contributed by atoms with Gasteiger partial charge in [-0.2, -0.15) is 5.26 Å². The zero-order valence-electron chi connectivity index (χ0n) is 11.3. The van der Waals surface area contributed by atoms with Gasteiger partial charge < -0.3 is 4.74 Å². The molecule has 0 fully saturated rings. The summed E-state index contributed by atoms with van der Waals surface area (Å²) in [6, 6.07) is 15.9. The van der Waals surface area contributed by atoms with Crippen molar-refractivity contribution in [2.45, 2.75) is 0 Å². The topological polar surface area (TPSA) is 62.4 Å². The number of aliphatic imine (C=N–C) groups is 1. The fraction of sp³-hybridized carbons (Fsp3) is 0. The molecule has 0 bridgehead atoms. The van der Waals surface area contributed by atoms with Crippen LogP contribution in [-0.2, 0) is 9.53 Å². The van der Waals surface area contributed by atoms with E-state index in [1.807, 2.05) is 6.07 Å². The number of nitrogens with zero attached hydrogens (tertiary/aromatic N) is 2. The van der Waals surface area contributed by atoms with Gasteiger partial charge in [-0.1, -0.05) is 35.9 Å². The van der Waals surface area contributed by atoms with Crippen LogP contribution in [0.3, 0.4) is 0 Å². The number of ether oxygens (including phenoxy) is 1. The molecule has 0 unspecified atom stereocenters. The molecule has 0 saturated carbocycles. The zero-order chi connectivity index (χ0) is 15.5. The molecular weight excluding hydrogens is 300 g/mol. The van der Waals surface area contributed by atoms with E-state index in [1.165, 1.54) is 0 Å². The van der Waals surface area contributed by atoms with E-state index < -0.39 is 5.97 Å². The molecule has 0 aromatic heterocycles. The maximum atomic E-state index is 11.9. The standard InChI is InChI=1S/C17H9ClN2O2/c18-14-7-2-1-6-13(14)16-20-15(17(21)22-16)9-11-4-3-5-12(8-11)10-19/h1-9H/b15-9+. The third-order valence-corrected chi connectivity index (χ3v) is 3.37. The molecule has 106 valence electrons. The number of halogens is 1. The fourth-order valence-corrected chi connectivity index (χ4v) is 2.23. The monoisotopic (exact) mass is 308 g/mol. The summed E-state index contributed by atoms with van der Waals surface area (Å²) in [6.07, 6.45) is 1.58. The zero-order valence-corrected chi connectivity index (χ0v) is 12.0. The molecule has 0 spiro atoms. The van der Waals surface area contributed by atoms with Gasteiger partial charge in [0, 0.05) is 0 Å². The van der Waals surface area contributed by atoms with Gasteiger partial charge in [0.2, 0.25) is 5.90 Å². The Morgan fingerprint density at radius 2 is 2.00 bits per heavy atom. The molecule has 4 nitrogen and oxygen atoms in total. The number of hydrogen-bond acceptors (Lipinski definition) is 4. The Morgan fingerprint density at radius 3 is 2.77 bits per heavy atom. The first-order chi connectivity index (χ1) is 10.7. The van der Waals surface area contributed by atoms with Crippen molar-refractivity contribution in [2.24, 2.45) is 4.99 Å². The van der Waals surface area contributed by atoms with E-state index in [4.69, 9.17) is 21.6 Å². The lowest BCUT2D eigenvalue weighted by molar-refractivity contribution is -0.129. The maximum Gasteiger partial charge on any atom is 0.363 e. The van der Waals surface area contributed by atoms with Crippen molar-refractivity contribution in [3.05, 3.63) is 75.9 Å². The fourth-order valence-electron chi connectivity index (χ4n) is 2.01. The number of benzene rings is 2. The lowest BCUT2D eigenvalue weighted by Crippen LogP contribution is -2.05. The van der Waals surface area contributed by atoms with Crippen LogP contribution in [-0.4, -0.2) is 11.9 Å². The van der Waals surface area contributed by atoms with Crippen molar-refractivity contribution in [2.75, 3.05) is 0 Å². The molecule has 0 N–H and O–H groups in total. The smallest absolute Gasteiger partial charge is 0.363 e. The third kappa shape index (κ3) is 2.76. The first-order valence-electron chi connectivity index (χ1n) is 6.45. The molecule has 3 rings (SSSR count). The van der Waals surface area contributed by atoms with Crippen LogP contribution in [0.25, 0.3) is 6.08 Å². The van der Waals surface area contributed by atoms with E-state index in [0.29, 0.717) is 21.7 Å². The summed E-state index contributed by atoms with van der Waals surface area (Å²) in [7, 11) is 0. The minimum Gasteiger partial charge on any atom is -0.402 e. The van der Waals surface area contributed by atoms with Gasteiger partial charge >= 0.3 is 5.97 Å². The first-order valence-corrected chi connectivity index (χ1v) is 6.83. The Labute approximate surface area is 131 Å². The van der Waals surface area contributed by atoms with Gasteiger partial charge in [0.25, 0.3) is 0 Å². The van der Waals surface area contributed by atoms with Crippen molar-refractivity contribution >= 4 is 29.5 Å². The SMILES string of the molecule is N#Cc1cccc(/C=C2/N=C(c3ccccc3Cl)OC2=O)c1. The summed E-state index contributed by atoms with van der Waals surface area (Å²) in [5.74, 6) is -0.365. The van der Waals surface area contributed by atoms with Crippen LogP contribution in [0, 0.1) is 11.3 Å². The normalized spacial score (nSPS) is 15.4. The van der Waals surface area contributed by atoms with Crippen molar-refractivity contribution in [1.29, 1.82) is 5.26 Å². The minimum absolute atomic E-state index is 0.171. The van der Waals surface area contributed by atoms with Crippen LogP contribution >= 0.6 is 11.6 Å². The molecule has 0 amide bonds. The Kier molecular flexibility index (Phi) is 3.73. The highest BCUT2D eigenvalue weighted by Crippen LogP contribution is 2.23. The van der Waals surface area contributed by atoms with Gasteiger partial charge in [-0.05, 0) is 35.9 Å². The molecule has 1 heterocycles. The van der Waals surface area contributed by atoms with Gasteiger partial charge in [0.1, 0.15) is 0 Å². The van der Waals surface area contributed by atoms with E-state index in [0.717, 1.165) is 0 Å². The molecule has 1 aliphatic rings. The highest BCUT2D eigenvalue weighted by atomic mass is 35.5. The van der Waals surface area contributed by atoms with Crippen molar-refractivity contribution < 1.29 is 9.53 Å². The highest BCUT2D eigenvalue weighted by molar-refractivity contribution is 6.34. The highest BCUT2D eigenvalue weighted by Gasteiger charge is 2.25. The number of nitriles is 1. The van der Waals surface area contributed by atoms with E-state index in [9.17, 15) is 4.79 Å². The van der Waals surface area contributed by atoms with Gasteiger partial charge in [-0.15, -0.1) is 0 Å². The number of carbonyl (C=O) groups excluding carboxylic acids is 1. The van der Waals surface area contributed by atoms with Gasteiger partial charge in [-0.3, -0.25) is 0 Å². The number of esters is 1. The van der Waals surface area contributed by atoms with E-state index >= 15 is 0 Å².